The van der Waals surface area contributed by atoms with Crippen molar-refractivity contribution < 1.29 is 0 Å². The highest BCUT2D eigenvalue weighted by atomic mass is 14.3. The fraction of sp³-hybridized carbons (Fsp3) is 0.917. The third-order valence-corrected chi connectivity index (χ3v) is 5.80. The normalized spacial score (nSPS) is 11.8. The molecule has 0 fully saturated rings. The molecular formula is C24H48. The van der Waals surface area contributed by atoms with Crippen molar-refractivity contribution in [3.63, 3.8) is 0 Å². The molecule has 0 heterocycles. The van der Waals surface area contributed by atoms with Gasteiger partial charge in [-0.2, -0.15) is 0 Å². The monoisotopic (exact) mass is 336 g/mol. The van der Waals surface area contributed by atoms with Gasteiger partial charge in [0.05, 0.1) is 0 Å². The first kappa shape index (κ1) is 23.7. The predicted molar refractivity (Wildman–Crippen MR) is 113 cm³/mol. The van der Waals surface area contributed by atoms with E-state index < -0.39 is 0 Å². The largest absolute Gasteiger partial charge is 0.103 e. The Hall–Kier alpha value is -0.260. The minimum atomic E-state index is 0.686. The second-order valence-corrected chi connectivity index (χ2v) is 8.11. The molecule has 0 aromatic carbocycles. The van der Waals surface area contributed by atoms with Gasteiger partial charge in [-0.05, 0) is 43.9 Å². The summed E-state index contributed by atoms with van der Waals surface area (Å²) in [6.45, 7) is 10.9. The number of hydrogen-bond donors (Lipinski definition) is 0. The quantitative estimate of drug-likeness (QED) is 0.163. The zero-order valence-electron chi connectivity index (χ0n) is 17.5. The van der Waals surface area contributed by atoms with Crippen molar-refractivity contribution in [1.29, 1.82) is 0 Å². The van der Waals surface area contributed by atoms with E-state index in [4.69, 9.17) is 0 Å². The number of hydrogen-bond acceptors (Lipinski definition) is 0. The van der Waals surface area contributed by atoms with Gasteiger partial charge in [0.1, 0.15) is 0 Å². The predicted octanol–water partition coefficient (Wildman–Crippen LogP) is 9.24. The van der Waals surface area contributed by atoms with Crippen molar-refractivity contribution >= 4 is 0 Å². The van der Waals surface area contributed by atoms with E-state index in [9.17, 15) is 0 Å². The summed E-state index contributed by atoms with van der Waals surface area (Å²) >= 11 is 0. The van der Waals surface area contributed by atoms with Crippen LogP contribution in [-0.4, -0.2) is 0 Å². The van der Waals surface area contributed by atoms with Crippen LogP contribution in [0.2, 0.25) is 0 Å². The molecule has 0 aliphatic heterocycles. The van der Waals surface area contributed by atoms with E-state index in [0.717, 1.165) is 0 Å². The highest BCUT2D eigenvalue weighted by Gasteiger charge is 2.27. The summed E-state index contributed by atoms with van der Waals surface area (Å²) in [5.41, 5.74) is 0.686. The summed E-state index contributed by atoms with van der Waals surface area (Å²) in [6.07, 6.45) is 27.7. The summed E-state index contributed by atoms with van der Waals surface area (Å²) in [4.78, 5) is 0. The van der Waals surface area contributed by atoms with E-state index >= 15 is 0 Å². The van der Waals surface area contributed by atoms with Gasteiger partial charge in [-0.1, -0.05) is 104 Å². The summed E-state index contributed by atoms with van der Waals surface area (Å²) in [6, 6.07) is 0. The molecule has 144 valence electrons. The average molecular weight is 337 g/mol. The van der Waals surface area contributed by atoms with Gasteiger partial charge in [-0.15, -0.1) is 6.58 Å². The Bertz CT molecular complexity index is 231. The van der Waals surface area contributed by atoms with Gasteiger partial charge in [-0.3, -0.25) is 0 Å². The number of allylic oxidation sites excluding steroid dienone is 1. The van der Waals surface area contributed by atoms with E-state index in [-0.39, 0.29) is 0 Å². The molecule has 0 aliphatic rings. The van der Waals surface area contributed by atoms with Crippen molar-refractivity contribution in [2.24, 2.45) is 5.41 Å². The Kier molecular flexibility index (Phi) is 17.4. The molecule has 0 heteroatoms. The topological polar surface area (TPSA) is 0 Å². The molecule has 0 rings (SSSR count). The highest BCUT2D eigenvalue weighted by Crippen LogP contribution is 2.41. The van der Waals surface area contributed by atoms with Crippen LogP contribution in [0.3, 0.4) is 0 Å². The van der Waals surface area contributed by atoms with Crippen molar-refractivity contribution in [3.8, 4) is 0 Å². The van der Waals surface area contributed by atoms with E-state index in [1.807, 2.05) is 0 Å². The van der Waals surface area contributed by atoms with Gasteiger partial charge in [0.25, 0.3) is 0 Å². The van der Waals surface area contributed by atoms with Crippen molar-refractivity contribution in [1.82, 2.24) is 0 Å². The first-order valence-electron chi connectivity index (χ1n) is 11.4. The maximum Gasteiger partial charge on any atom is -0.0297 e. The molecular weight excluding hydrogens is 288 g/mol. The maximum atomic E-state index is 3.81. The van der Waals surface area contributed by atoms with Gasteiger partial charge in [0, 0.05) is 0 Å². The van der Waals surface area contributed by atoms with Crippen LogP contribution in [0.5, 0.6) is 0 Å². The summed E-state index contributed by atoms with van der Waals surface area (Å²) in [5, 5.41) is 0. The average Bonchev–Trinajstić information content (AvgIpc) is 2.61. The van der Waals surface area contributed by atoms with E-state index in [1.165, 1.54) is 116 Å². The van der Waals surface area contributed by atoms with Crippen LogP contribution < -0.4 is 0 Å². The summed E-state index contributed by atoms with van der Waals surface area (Å²) in [5.74, 6) is 0. The van der Waals surface area contributed by atoms with Crippen LogP contribution in [0.15, 0.2) is 12.7 Å². The van der Waals surface area contributed by atoms with Crippen molar-refractivity contribution in [2.75, 3.05) is 0 Å². The smallest absolute Gasteiger partial charge is 0.0297 e. The third-order valence-electron chi connectivity index (χ3n) is 5.80. The lowest BCUT2D eigenvalue weighted by atomic mass is 9.71. The Morgan fingerprint density at radius 1 is 0.542 bits per heavy atom. The van der Waals surface area contributed by atoms with Crippen LogP contribution in [0, 0.1) is 5.41 Å². The summed E-state index contributed by atoms with van der Waals surface area (Å²) < 4.78 is 0. The zero-order chi connectivity index (χ0) is 17.9. The lowest BCUT2D eigenvalue weighted by Gasteiger charge is -2.35. The maximum absolute atomic E-state index is 3.81. The molecule has 0 aromatic heterocycles. The molecule has 0 atom stereocenters. The van der Waals surface area contributed by atoms with Gasteiger partial charge in [0.15, 0.2) is 0 Å². The molecule has 0 saturated heterocycles. The van der Waals surface area contributed by atoms with E-state index in [0.29, 0.717) is 5.41 Å². The second kappa shape index (κ2) is 17.6. The molecule has 0 aliphatic carbocycles. The highest BCUT2D eigenvalue weighted by molar-refractivity contribution is 4.79. The Morgan fingerprint density at radius 2 is 0.917 bits per heavy atom. The minimum Gasteiger partial charge on any atom is -0.103 e. The molecule has 0 aromatic rings. The van der Waals surface area contributed by atoms with Crippen molar-refractivity contribution in [3.05, 3.63) is 12.7 Å². The fourth-order valence-electron chi connectivity index (χ4n) is 4.08. The van der Waals surface area contributed by atoms with Gasteiger partial charge >= 0.3 is 0 Å². The fourth-order valence-corrected chi connectivity index (χ4v) is 4.08. The Labute approximate surface area is 154 Å². The SMILES string of the molecule is C=CCCCCCCCCCC(CCCC)(CCCC)CCCC. The first-order valence-corrected chi connectivity index (χ1v) is 11.4. The lowest BCUT2D eigenvalue weighted by Crippen LogP contribution is -2.21. The van der Waals surface area contributed by atoms with Gasteiger partial charge in [0.2, 0.25) is 0 Å². The van der Waals surface area contributed by atoms with E-state index in [1.54, 1.807) is 0 Å². The number of rotatable bonds is 19. The molecule has 0 nitrogen and oxygen atoms in total. The lowest BCUT2D eigenvalue weighted by molar-refractivity contribution is 0.175. The second-order valence-electron chi connectivity index (χ2n) is 8.11. The molecule has 0 amide bonds. The van der Waals surface area contributed by atoms with E-state index in [2.05, 4.69) is 33.4 Å². The minimum absolute atomic E-state index is 0.686. The van der Waals surface area contributed by atoms with Gasteiger partial charge in [-0.25, -0.2) is 0 Å². The van der Waals surface area contributed by atoms with Crippen LogP contribution in [0.4, 0.5) is 0 Å². The summed E-state index contributed by atoms with van der Waals surface area (Å²) in [7, 11) is 0. The van der Waals surface area contributed by atoms with Crippen LogP contribution in [0.1, 0.15) is 136 Å². The molecule has 24 heavy (non-hydrogen) atoms. The molecule has 0 spiro atoms. The van der Waals surface area contributed by atoms with Gasteiger partial charge < -0.3 is 0 Å². The zero-order valence-corrected chi connectivity index (χ0v) is 17.5. The molecule has 0 radical (unpaired) electrons. The third kappa shape index (κ3) is 13.1. The van der Waals surface area contributed by atoms with Crippen molar-refractivity contribution in [2.45, 2.75) is 136 Å². The molecule has 0 unspecified atom stereocenters. The molecule has 0 N–H and O–H groups in total. The standard InChI is InChI=1S/C24H48/c1-5-9-13-14-15-16-17-18-19-23-24(20-10-6-2,21-11-7-3)22-12-8-4/h5H,1,6-23H2,2-4H3. The Balaban J connectivity index is 4.09. The van der Waals surface area contributed by atoms with Crippen LogP contribution >= 0.6 is 0 Å². The molecule has 0 bridgehead atoms. The van der Waals surface area contributed by atoms with Crippen LogP contribution in [0.25, 0.3) is 0 Å². The molecule has 0 saturated carbocycles. The first-order chi connectivity index (χ1) is 11.7. The number of unbranched alkanes of at least 4 members (excludes halogenated alkanes) is 10. The Morgan fingerprint density at radius 3 is 1.33 bits per heavy atom. The van der Waals surface area contributed by atoms with Crippen LogP contribution in [-0.2, 0) is 0 Å².